The van der Waals surface area contributed by atoms with E-state index < -0.39 is 0 Å². The normalized spacial score (nSPS) is 10.7. The lowest BCUT2D eigenvalue weighted by Gasteiger charge is -2.10. The Hall–Kier alpha value is -3.67. The third kappa shape index (κ3) is 2.70. The van der Waals surface area contributed by atoms with Gasteiger partial charge in [-0.3, -0.25) is 0 Å². The molecule has 2 aromatic heterocycles. The number of H-pyrrole nitrogens is 1. The quantitative estimate of drug-likeness (QED) is 0.336. The molecule has 2 heterocycles. The minimum absolute atomic E-state index is 0.569. The molecule has 6 nitrogen and oxygen atoms in total. The summed E-state index contributed by atoms with van der Waals surface area (Å²) in [4.78, 5) is 11.9. The summed E-state index contributed by atoms with van der Waals surface area (Å²) in [7, 11) is 0. The Kier molecular flexibility index (Phi) is 3.63. The van der Waals surface area contributed by atoms with E-state index in [2.05, 4.69) is 32.4 Å². The number of rotatable bonds is 4. The number of aromatic nitrogens is 3. The largest absolute Gasteiger partial charge is 0.398 e. The molecule has 0 aliphatic carbocycles. The number of aromatic amines is 1. The van der Waals surface area contributed by atoms with Crippen molar-refractivity contribution in [3.05, 3.63) is 66.6 Å². The highest BCUT2D eigenvalue weighted by atomic mass is 15.0. The van der Waals surface area contributed by atoms with Crippen molar-refractivity contribution in [2.45, 2.75) is 0 Å². The van der Waals surface area contributed by atoms with Crippen LogP contribution in [0.4, 0.5) is 17.2 Å². The van der Waals surface area contributed by atoms with Crippen LogP contribution in [-0.4, -0.2) is 21.2 Å². The molecule has 0 saturated heterocycles. The molecule has 6 heteroatoms. The van der Waals surface area contributed by atoms with Gasteiger partial charge in [-0.25, -0.2) is 9.97 Å². The standard InChI is InChI=1S/C19H16N6/c20-9-13-8-14(6-7-16(13)21)25-19-17-15(12-4-2-1-3-5-12)10-22-18(17)23-11-24-19/h1-11,20H,21H2,(H2,22,23,24,25). The molecule has 0 aliphatic rings. The fourth-order valence-corrected chi connectivity index (χ4v) is 2.82. The fraction of sp³-hybridized carbons (Fsp3) is 0. The highest BCUT2D eigenvalue weighted by Gasteiger charge is 2.13. The number of anilines is 3. The third-order valence-electron chi connectivity index (χ3n) is 4.06. The number of nitrogen functional groups attached to an aromatic ring is 1. The Morgan fingerprint density at radius 1 is 1.08 bits per heavy atom. The van der Waals surface area contributed by atoms with E-state index in [0.717, 1.165) is 27.8 Å². The number of nitrogens with zero attached hydrogens (tertiary/aromatic N) is 2. The SMILES string of the molecule is N=Cc1cc(Nc2ncnc3[nH]cc(-c4ccccc4)c23)ccc1N. The fourth-order valence-electron chi connectivity index (χ4n) is 2.82. The van der Waals surface area contributed by atoms with Crippen LogP contribution < -0.4 is 11.1 Å². The van der Waals surface area contributed by atoms with Crippen molar-refractivity contribution in [2.24, 2.45) is 0 Å². The lowest BCUT2D eigenvalue weighted by Crippen LogP contribution is -1.98. The molecule has 0 spiro atoms. The van der Waals surface area contributed by atoms with Crippen molar-refractivity contribution in [1.29, 1.82) is 5.41 Å². The lowest BCUT2D eigenvalue weighted by molar-refractivity contribution is 1.20. The van der Waals surface area contributed by atoms with Gasteiger partial charge in [-0.05, 0) is 23.8 Å². The Balaban J connectivity index is 1.82. The summed E-state index contributed by atoms with van der Waals surface area (Å²) in [5, 5.41) is 11.7. The van der Waals surface area contributed by atoms with Crippen LogP contribution in [0.5, 0.6) is 0 Å². The summed E-state index contributed by atoms with van der Waals surface area (Å²) in [6, 6.07) is 15.6. The average Bonchev–Trinajstić information content (AvgIpc) is 3.09. The highest BCUT2D eigenvalue weighted by molar-refractivity contribution is 6.02. The first-order valence-electron chi connectivity index (χ1n) is 7.81. The van der Waals surface area contributed by atoms with Crippen LogP contribution in [0.1, 0.15) is 5.56 Å². The van der Waals surface area contributed by atoms with Crippen molar-refractivity contribution in [1.82, 2.24) is 15.0 Å². The van der Waals surface area contributed by atoms with Crippen LogP contribution >= 0.6 is 0 Å². The molecule has 0 unspecified atom stereocenters. The first-order chi connectivity index (χ1) is 12.3. The van der Waals surface area contributed by atoms with Gasteiger partial charge in [0.15, 0.2) is 0 Å². The van der Waals surface area contributed by atoms with Crippen molar-refractivity contribution >= 4 is 34.4 Å². The number of hydrogen-bond acceptors (Lipinski definition) is 5. The number of benzene rings is 2. The molecule has 0 aliphatic heterocycles. The smallest absolute Gasteiger partial charge is 0.143 e. The second-order valence-electron chi connectivity index (χ2n) is 5.63. The van der Waals surface area contributed by atoms with Gasteiger partial charge in [-0.2, -0.15) is 0 Å². The molecule has 0 fully saturated rings. The average molecular weight is 328 g/mol. The van der Waals surface area contributed by atoms with Crippen molar-refractivity contribution in [2.75, 3.05) is 11.1 Å². The first kappa shape index (κ1) is 14.9. The minimum atomic E-state index is 0.569. The lowest BCUT2D eigenvalue weighted by atomic mass is 10.1. The van der Waals surface area contributed by atoms with Crippen LogP contribution in [-0.2, 0) is 0 Å². The zero-order valence-electron chi connectivity index (χ0n) is 13.3. The molecule has 0 radical (unpaired) electrons. The molecule has 0 saturated carbocycles. The molecule has 0 amide bonds. The summed E-state index contributed by atoms with van der Waals surface area (Å²) in [5.74, 6) is 0.700. The van der Waals surface area contributed by atoms with E-state index in [1.807, 2.05) is 36.5 Å². The van der Waals surface area contributed by atoms with Crippen LogP contribution in [0, 0.1) is 5.41 Å². The van der Waals surface area contributed by atoms with Crippen LogP contribution in [0.15, 0.2) is 61.1 Å². The number of nitrogens with one attached hydrogen (secondary N) is 3. The zero-order valence-corrected chi connectivity index (χ0v) is 13.3. The second-order valence-corrected chi connectivity index (χ2v) is 5.63. The summed E-state index contributed by atoms with van der Waals surface area (Å²) >= 11 is 0. The molecule has 0 atom stereocenters. The maximum Gasteiger partial charge on any atom is 0.143 e. The summed E-state index contributed by atoms with van der Waals surface area (Å²) in [6.07, 6.45) is 4.69. The maximum absolute atomic E-state index is 7.45. The Morgan fingerprint density at radius 2 is 1.92 bits per heavy atom. The van der Waals surface area contributed by atoms with Crippen molar-refractivity contribution < 1.29 is 0 Å². The predicted molar refractivity (Wildman–Crippen MR) is 101 cm³/mol. The van der Waals surface area contributed by atoms with Gasteiger partial charge in [0.05, 0.1) is 5.39 Å². The first-order valence-corrected chi connectivity index (χ1v) is 7.81. The molecule has 2 aromatic carbocycles. The topological polar surface area (TPSA) is 103 Å². The van der Waals surface area contributed by atoms with E-state index in [0.29, 0.717) is 17.1 Å². The van der Waals surface area contributed by atoms with Gasteiger partial charge >= 0.3 is 0 Å². The molecular weight excluding hydrogens is 312 g/mol. The third-order valence-corrected chi connectivity index (χ3v) is 4.06. The Bertz CT molecular complexity index is 1050. The zero-order chi connectivity index (χ0) is 17.2. The summed E-state index contributed by atoms with van der Waals surface area (Å²) < 4.78 is 0. The van der Waals surface area contributed by atoms with Gasteiger partial charge in [-0.1, -0.05) is 30.3 Å². The molecule has 0 bridgehead atoms. The van der Waals surface area contributed by atoms with E-state index in [9.17, 15) is 0 Å². The number of nitrogens with two attached hydrogens (primary N) is 1. The second kappa shape index (κ2) is 6.09. The van der Waals surface area contributed by atoms with Crippen molar-refractivity contribution in [3.63, 3.8) is 0 Å². The molecule has 122 valence electrons. The minimum Gasteiger partial charge on any atom is -0.398 e. The van der Waals surface area contributed by atoms with Crippen LogP contribution in [0.25, 0.3) is 22.2 Å². The predicted octanol–water partition coefficient (Wildman–Crippen LogP) is 3.95. The van der Waals surface area contributed by atoms with E-state index >= 15 is 0 Å². The van der Waals surface area contributed by atoms with Gasteiger partial charge in [-0.15, -0.1) is 0 Å². The van der Waals surface area contributed by atoms with Gasteiger partial charge in [0.2, 0.25) is 0 Å². The highest BCUT2D eigenvalue weighted by Crippen LogP contribution is 2.33. The maximum atomic E-state index is 7.45. The van der Waals surface area contributed by atoms with E-state index in [1.165, 1.54) is 12.5 Å². The Morgan fingerprint density at radius 3 is 2.72 bits per heavy atom. The van der Waals surface area contributed by atoms with E-state index in [-0.39, 0.29) is 0 Å². The summed E-state index contributed by atoms with van der Waals surface area (Å²) in [6.45, 7) is 0. The van der Waals surface area contributed by atoms with Crippen LogP contribution in [0.2, 0.25) is 0 Å². The summed E-state index contributed by atoms with van der Waals surface area (Å²) in [5.41, 5.74) is 10.8. The van der Waals surface area contributed by atoms with E-state index in [1.54, 1.807) is 6.07 Å². The molecule has 5 N–H and O–H groups in total. The number of fused-ring (bicyclic) bond motifs is 1. The van der Waals surface area contributed by atoms with Gasteiger partial charge in [0.25, 0.3) is 0 Å². The monoisotopic (exact) mass is 328 g/mol. The van der Waals surface area contributed by atoms with Crippen molar-refractivity contribution in [3.8, 4) is 11.1 Å². The van der Waals surface area contributed by atoms with E-state index in [4.69, 9.17) is 11.1 Å². The Labute approximate surface area is 144 Å². The van der Waals surface area contributed by atoms with Gasteiger partial charge < -0.3 is 21.4 Å². The number of hydrogen-bond donors (Lipinski definition) is 4. The van der Waals surface area contributed by atoms with Crippen LogP contribution in [0.3, 0.4) is 0 Å². The molecular formula is C19H16N6. The molecule has 4 aromatic rings. The molecule has 4 rings (SSSR count). The van der Waals surface area contributed by atoms with Gasteiger partial charge in [0.1, 0.15) is 17.8 Å². The molecule has 25 heavy (non-hydrogen) atoms. The van der Waals surface area contributed by atoms with Gasteiger partial charge in [0, 0.05) is 34.9 Å².